The summed E-state index contributed by atoms with van der Waals surface area (Å²) in [5.74, 6) is -0.899. The molecule has 1 aromatic heterocycles. The number of nitrogens with one attached hydrogen (secondary N) is 3. The Balaban J connectivity index is 1.72. The van der Waals surface area contributed by atoms with E-state index >= 15 is 0 Å². The maximum absolute atomic E-state index is 11.6. The van der Waals surface area contributed by atoms with Gasteiger partial charge in [-0.05, 0) is 17.7 Å². The number of carbonyl (C=O) groups is 1. The van der Waals surface area contributed by atoms with Crippen LogP contribution in [0.1, 0.15) is 11.3 Å². The lowest BCUT2D eigenvalue weighted by Crippen LogP contribution is -2.49. The molecule has 2 heterocycles. The fourth-order valence-corrected chi connectivity index (χ4v) is 2.81. The van der Waals surface area contributed by atoms with Gasteiger partial charge in [0.2, 0.25) is 0 Å². The average molecular weight is 342 g/mol. The van der Waals surface area contributed by atoms with Crippen LogP contribution in [0.15, 0.2) is 41.9 Å². The monoisotopic (exact) mass is 342 g/mol. The van der Waals surface area contributed by atoms with Crippen molar-refractivity contribution in [2.75, 3.05) is 25.5 Å². The molecule has 0 bridgehead atoms. The van der Waals surface area contributed by atoms with Crippen LogP contribution in [0.2, 0.25) is 0 Å². The fraction of sp³-hybridized carbons (Fsp3) is 0.353. The molecule has 3 rings (SSSR count). The van der Waals surface area contributed by atoms with Crippen LogP contribution < -0.4 is 15.6 Å². The maximum atomic E-state index is 11.6. The number of benzene rings is 1. The molecule has 4 N–H and O–H groups in total. The highest BCUT2D eigenvalue weighted by Crippen LogP contribution is 2.16. The van der Waals surface area contributed by atoms with Gasteiger partial charge in [0.1, 0.15) is 6.04 Å². The molecule has 2 aromatic rings. The lowest BCUT2D eigenvalue weighted by atomic mass is 10.0. The quantitative estimate of drug-likeness (QED) is 0.582. The van der Waals surface area contributed by atoms with E-state index in [1.54, 1.807) is 12.5 Å². The SMILES string of the molecule is CN(C)c1ccc(C2=NNCC2NC(Cc2cnc[nH]2)C(=O)O)cc1. The fourth-order valence-electron chi connectivity index (χ4n) is 2.81. The maximum Gasteiger partial charge on any atom is 0.321 e. The highest BCUT2D eigenvalue weighted by Gasteiger charge is 2.28. The van der Waals surface area contributed by atoms with Gasteiger partial charge in [-0.2, -0.15) is 5.10 Å². The van der Waals surface area contributed by atoms with Crippen molar-refractivity contribution in [1.29, 1.82) is 0 Å². The largest absolute Gasteiger partial charge is 0.480 e. The number of aromatic nitrogens is 2. The van der Waals surface area contributed by atoms with E-state index in [1.807, 2.05) is 43.3 Å². The number of carboxylic acids is 1. The standard InChI is InChI=1S/C17H22N6O2/c1-23(2)13-5-3-11(4-6-13)16-15(9-20-22-16)21-14(17(24)25)7-12-8-18-10-19-12/h3-6,8,10,14-15,20-21H,7,9H2,1-2H3,(H,18,19)(H,24,25). The first kappa shape index (κ1) is 17.0. The van der Waals surface area contributed by atoms with E-state index in [9.17, 15) is 9.90 Å². The number of rotatable bonds is 7. The summed E-state index contributed by atoms with van der Waals surface area (Å²) in [7, 11) is 3.97. The number of hydrazone groups is 1. The van der Waals surface area contributed by atoms with Gasteiger partial charge in [0.05, 0.1) is 24.6 Å². The van der Waals surface area contributed by atoms with Crippen LogP contribution in [0.3, 0.4) is 0 Å². The Kier molecular flexibility index (Phi) is 4.99. The van der Waals surface area contributed by atoms with Crippen molar-refractivity contribution in [3.05, 3.63) is 48.0 Å². The highest BCUT2D eigenvalue weighted by atomic mass is 16.4. The zero-order valence-electron chi connectivity index (χ0n) is 14.2. The second-order valence-corrected chi connectivity index (χ2v) is 6.19. The number of aromatic amines is 1. The van der Waals surface area contributed by atoms with Crippen molar-refractivity contribution in [1.82, 2.24) is 20.7 Å². The molecular weight excluding hydrogens is 320 g/mol. The molecule has 0 saturated carbocycles. The van der Waals surface area contributed by atoms with E-state index < -0.39 is 12.0 Å². The van der Waals surface area contributed by atoms with Gasteiger partial charge in [-0.15, -0.1) is 0 Å². The average Bonchev–Trinajstić information content (AvgIpc) is 3.26. The molecule has 2 atom stereocenters. The number of hydrogen-bond acceptors (Lipinski definition) is 6. The van der Waals surface area contributed by atoms with Crippen LogP contribution in [0.4, 0.5) is 5.69 Å². The van der Waals surface area contributed by atoms with Crippen molar-refractivity contribution in [3.63, 3.8) is 0 Å². The van der Waals surface area contributed by atoms with Crippen molar-refractivity contribution >= 4 is 17.4 Å². The summed E-state index contributed by atoms with van der Waals surface area (Å²) in [6.07, 6.45) is 3.52. The number of hydrogen-bond donors (Lipinski definition) is 4. The number of carboxylic acid groups (broad SMARTS) is 1. The minimum atomic E-state index is -0.899. The van der Waals surface area contributed by atoms with Crippen molar-refractivity contribution in [2.45, 2.75) is 18.5 Å². The molecule has 0 spiro atoms. The summed E-state index contributed by atoms with van der Waals surface area (Å²) in [4.78, 5) is 20.5. The lowest BCUT2D eigenvalue weighted by molar-refractivity contribution is -0.139. The normalized spacial score (nSPS) is 17.7. The van der Waals surface area contributed by atoms with E-state index in [1.165, 1.54) is 0 Å². The number of nitrogens with zero attached hydrogens (tertiary/aromatic N) is 3. The third-order valence-electron chi connectivity index (χ3n) is 4.18. The number of anilines is 1. The van der Waals surface area contributed by atoms with E-state index in [4.69, 9.17) is 0 Å². The molecule has 2 unspecified atom stereocenters. The second kappa shape index (κ2) is 7.35. The minimum absolute atomic E-state index is 0.172. The third-order valence-corrected chi connectivity index (χ3v) is 4.18. The predicted octanol–water partition coefficient (Wildman–Crippen LogP) is 0.437. The Bertz CT molecular complexity index is 739. The molecule has 0 aliphatic carbocycles. The number of H-pyrrole nitrogens is 1. The highest BCUT2D eigenvalue weighted by molar-refractivity contribution is 6.05. The van der Waals surface area contributed by atoms with Crippen LogP contribution in [0.25, 0.3) is 0 Å². The Morgan fingerprint density at radius 3 is 2.76 bits per heavy atom. The molecule has 1 aliphatic rings. The van der Waals surface area contributed by atoms with Gasteiger partial charge in [-0.25, -0.2) is 4.98 Å². The molecule has 0 amide bonds. The first-order valence-corrected chi connectivity index (χ1v) is 8.09. The summed E-state index contributed by atoms with van der Waals surface area (Å²) in [5, 5.41) is 17.1. The molecule has 1 aromatic carbocycles. The van der Waals surface area contributed by atoms with Crippen molar-refractivity contribution < 1.29 is 9.90 Å². The van der Waals surface area contributed by atoms with Crippen LogP contribution >= 0.6 is 0 Å². The van der Waals surface area contributed by atoms with Gasteiger partial charge in [0.15, 0.2) is 0 Å². The molecular formula is C17H22N6O2. The van der Waals surface area contributed by atoms with Gasteiger partial charge < -0.3 is 20.4 Å². The van der Waals surface area contributed by atoms with Crippen LogP contribution in [-0.4, -0.2) is 59.5 Å². The summed E-state index contributed by atoms with van der Waals surface area (Å²) in [6, 6.07) is 7.14. The van der Waals surface area contributed by atoms with E-state index in [2.05, 4.69) is 25.8 Å². The van der Waals surface area contributed by atoms with Gasteiger partial charge in [0.25, 0.3) is 0 Å². The molecule has 8 heteroatoms. The predicted molar refractivity (Wildman–Crippen MR) is 95.9 cm³/mol. The van der Waals surface area contributed by atoms with E-state index in [-0.39, 0.29) is 6.04 Å². The number of imidazole rings is 1. The van der Waals surface area contributed by atoms with Gasteiger partial charge in [0, 0.05) is 38.1 Å². The molecule has 0 saturated heterocycles. The Hall–Kier alpha value is -2.87. The van der Waals surface area contributed by atoms with Gasteiger partial charge >= 0.3 is 5.97 Å². The Labute approximate surface area is 146 Å². The summed E-state index contributed by atoms with van der Waals surface area (Å²) >= 11 is 0. The Morgan fingerprint density at radius 2 is 2.16 bits per heavy atom. The second-order valence-electron chi connectivity index (χ2n) is 6.19. The molecule has 132 valence electrons. The first-order chi connectivity index (χ1) is 12.0. The lowest BCUT2D eigenvalue weighted by Gasteiger charge is -2.20. The Morgan fingerprint density at radius 1 is 1.40 bits per heavy atom. The zero-order chi connectivity index (χ0) is 17.8. The molecule has 8 nitrogen and oxygen atoms in total. The van der Waals surface area contributed by atoms with Crippen molar-refractivity contribution in [2.24, 2.45) is 5.10 Å². The zero-order valence-corrected chi connectivity index (χ0v) is 14.2. The topological polar surface area (TPSA) is 106 Å². The molecule has 1 aliphatic heterocycles. The van der Waals surface area contributed by atoms with E-state index in [0.717, 1.165) is 22.7 Å². The van der Waals surface area contributed by atoms with Crippen molar-refractivity contribution in [3.8, 4) is 0 Å². The van der Waals surface area contributed by atoms with Gasteiger partial charge in [-0.1, -0.05) is 12.1 Å². The van der Waals surface area contributed by atoms with Crippen LogP contribution in [-0.2, 0) is 11.2 Å². The van der Waals surface area contributed by atoms with Gasteiger partial charge in [-0.3, -0.25) is 10.1 Å². The molecule has 25 heavy (non-hydrogen) atoms. The molecule has 0 fully saturated rings. The first-order valence-electron chi connectivity index (χ1n) is 8.09. The number of aliphatic carboxylic acids is 1. The summed E-state index contributed by atoms with van der Waals surface area (Å²) in [5.41, 5.74) is 6.63. The van der Waals surface area contributed by atoms with Crippen LogP contribution in [0.5, 0.6) is 0 Å². The summed E-state index contributed by atoms with van der Waals surface area (Å²) in [6.45, 7) is 0.553. The summed E-state index contributed by atoms with van der Waals surface area (Å²) < 4.78 is 0. The smallest absolute Gasteiger partial charge is 0.321 e. The third kappa shape index (κ3) is 3.97. The van der Waals surface area contributed by atoms with Crippen LogP contribution in [0, 0.1) is 0 Å². The van der Waals surface area contributed by atoms with E-state index in [0.29, 0.717) is 13.0 Å². The minimum Gasteiger partial charge on any atom is -0.480 e. The molecule has 0 radical (unpaired) electrons.